The van der Waals surface area contributed by atoms with Crippen molar-refractivity contribution in [1.29, 1.82) is 0 Å². The second-order valence-electron chi connectivity index (χ2n) is 6.75. The van der Waals surface area contributed by atoms with Gasteiger partial charge < -0.3 is 15.8 Å². The average molecular weight is 290 g/mol. The van der Waals surface area contributed by atoms with Gasteiger partial charge in [0.2, 0.25) is 5.91 Å². The molecule has 0 aromatic heterocycles. The fourth-order valence-electron chi connectivity index (χ4n) is 2.73. The lowest BCUT2D eigenvalue weighted by molar-refractivity contribution is -0.132. The molecule has 0 saturated heterocycles. The molecular weight excluding hydrogens is 264 g/mol. The fraction of sp³-hybridized carbons (Fsp3) is 0.588. The van der Waals surface area contributed by atoms with E-state index in [1.807, 2.05) is 30.3 Å². The van der Waals surface area contributed by atoms with E-state index in [2.05, 4.69) is 19.2 Å². The first kappa shape index (κ1) is 16.0. The Morgan fingerprint density at radius 3 is 2.38 bits per heavy atom. The molecule has 21 heavy (non-hydrogen) atoms. The number of rotatable bonds is 5. The van der Waals surface area contributed by atoms with Gasteiger partial charge in [-0.3, -0.25) is 4.79 Å². The Kier molecular flexibility index (Phi) is 5.01. The van der Waals surface area contributed by atoms with Crippen LogP contribution in [0.4, 0.5) is 5.69 Å². The summed E-state index contributed by atoms with van der Waals surface area (Å²) in [7, 11) is 0. The average Bonchev–Trinajstić information content (AvgIpc) is 2.48. The van der Waals surface area contributed by atoms with Crippen molar-refractivity contribution in [1.82, 2.24) is 0 Å². The lowest BCUT2D eigenvalue weighted by Crippen LogP contribution is -2.46. The van der Waals surface area contributed by atoms with Gasteiger partial charge in [0.1, 0.15) is 6.61 Å². The van der Waals surface area contributed by atoms with E-state index < -0.39 is 0 Å². The molecule has 1 aromatic rings. The van der Waals surface area contributed by atoms with Gasteiger partial charge in [-0.2, -0.15) is 0 Å². The zero-order valence-electron chi connectivity index (χ0n) is 13.0. The van der Waals surface area contributed by atoms with Crippen molar-refractivity contribution in [2.75, 3.05) is 18.5 Å². The van der Waals surface area contributed by atoms with Gasteiger partial charge in [0.05, 0.1) is 5.60 Å². The maximum absolute atomic E-state index is 12.0. The Balaban J connectivity index is 1.84. The molecule has 4 heteroatoms. The number of nitrogens with one attached hydrogen (secondary N) is 1. The molecule has 1 aliphatic rings. The molecular formula is C17H26N2O2. The topological polar surface area (TPSA) is 64.3 Å². The zero-order chi connectivity index (χ0) is 15.3. The largest absolute Gasteiger partial charge is 0.364 e. The number of carbonyl (C=O) groups is 1. The standard InChI is InChI=1S/C17H26N2O2/c1-16(2)8-10-17(13-18,11-9-16)21-12-15(20)19-14-6-4-3-5-7-14/h3-7H,8-13,18H2,1-2H3,(H,19,20). The molecule has 0 atom stereocenters. The number of hydrogen-bond acceptors (Lipinski definition) is 3. The monoisotopic (exact) mass is 290 g/mol. The van der Waals surface area contributed by atoms with Crippen molar-refractivity contribution in [3.8, 4) is 0 Å². The number of nitrogens with two attached hydrogens (primary N) is 1. The number of amides is 1. The van der Waals surface area contributed by atoms with Gasteiger partial charge in [-0.05, 0) is 43.2 Å². The van der Waals surface area contributed by atoms with Gasteiger partial charge in [0, 0.05) is 12.2 Å². The van der Waals surface area contributed by atoms with Crippen LogP contribution < -0.4 is 11.1 Å². The first-order chi connectivity index (χ1) is 9.95. The maximum atomic E-state index is 12.0. The predicted molar refractivity (Wildman–Crippen MR) is 85.1 cm³/mol. The maximum Gasteiger partial charge on any atom is 0.250 e. The third-order valence-electron chi connectivity index (χ3n) is 4.45. The molecule has 0 heterocycles. The van der Waals surface area contributed by atoms with E-state index in [-0.39, 0.29) is 18.1 Å². The van der Waals surface area contributed by atoms with Crippen molar-refractivity contribution in [3.05, 3.63) is 30.3 Å². The summed E-state index contributed by atoms with van der Waals surface area (Å²) in [6, 6.07) is 9.42. The molecule has 1 aliphatic carbocycles. The highest BCUT2D eigenvalue weighted by molar-refractivity contribution is 5.91. The normalized spacial score (nSPS) is 20.0. The van der Waals surface area contributed by atoms with Crippen LogP contribution in [0.3, 0.4) is 0 Å². The second kappa shape index (κ2) is 6.58. The third-order valence-corrected chi connectivity index (χ3v) is 4.45. The Morgan fingerprint density at radius 1 is 1.19 bits per heavy atom. The van der Waals surface area contributed by atoms with Crippen LogP contribution in [0.1, 0.15) is 39.5 Å². The van der Waals surface area contributed by atoms with E-state index in [4.69, 9.17) is 10.5 Å². The van der Waals surface area contributed by atoms with Crippen LogP contribution in [0.25, 0.3) is 0 Å². The third kappa shape index (κ3) is 4.55. The van der Waals surface area contributed by atoms with Crippen LogP contribution in [-0.4, -0.2) is 24.7 Å². The summed E-state index contributed by atoms with van der Waals surface area (Å²) in [6.07, 6.45) is 4.03. The molecule has 0 radical (unpaired) electrons. The van der Waals surface area contributed by atoms with E-state index in [9.17, 15) is 4.79 Å². The van der Waals surface area contributed by atoms with Gasteiger partial charge in [-0.25, -0.2) is 0 Å². The van der Waals surface area contributed by atoms with Crippen molar-refractivity contribution in [2.45, 2.75) is 45.1 Å². The minimum atomic E-state index is -0.330. The van der Waals surface area contributed by atoms with E-state index in [1.165, 1.54) is 0 Å². The summed E-state index contributed by atoms with van der Waals surface area (Å²) in [5.41, 5.74) is 6.72. The smallest absolute Gasteiger partial charge is 0.250 e. The summed E-state index contributed by atoms with van der Waals surface area (Å²) in [6.45, 7) is 5.08. The lowest BCUT2D eigenvalue weighted by atomic mass is 9.71. The summed E-state index contributed by atoms with van der Waals surface area (Å²) in [5.74, 6) is -0.126. The first-order valence-electron chi connectivity index (χ1n) is 7.64. The van der Waals surface area contributed by atoms with E-state index >= 15 is 0 Å². The molecule has 116 valence electrons. The van der Waals surface area contributed by atoms with Crippen LogP contribution in [-0.2, 0) is 9.53 Å². The molecule has 2 rings (SSSR count). The van der Waals surface area contributed by atoms with Crippen LogP contribution in [0.5, 0.6) is 0 Å². The number of carbonyl (C=O) groups excluding carboxylic acids is 1. The Bertz CT molecular complexity index is 461. The zero-order valence-corrected chi connectivity index (χ0v) is 13.0. The van der Waals surface area contributed by atoms with Crippen LogP contribution in [0.2, 0.25) is 0 Å². The summed E-state index contributed by atoms with van der Waals surface area (Å²) in [5, 5.41) is 2.83. The van der Waals surface area contributed by atoms with Crippen molar-refractivity contribution >= 4 is 11.6 Å². The van der Waals surface area contributed by atoms with Gasteiger partial charge >= 0.3 is 0 Å². The second-order valence-corrected chi connectivity index (χ2v) is 6.75. The molecule has 0 aliphatic heterocycles. The van der Waals surface area contributed by atoms with Gasteiger partial charge in [-0.15, -0.1) is 0 Å². The highest BCUT2D eigenvalue weighted by Crippen LogP contribution is 2.41. The van der Waals surface area contributed by atoms with Crippen molar-refractivity contribution in [2.24, 2.45) is 11.1 Å². The molecule has 3 N–H and O–H groups in total. The summed E-state index contributed by atoms with van der Waals surface area (Å²) < 4.78 is 5.91. The van der Waals surface area contributed by atoms with E-state index in [1.54, 1.807) is 0 Å². The lowest BCUT2D eigenvalue weighted by Gasteiger charge is -2.42. The van der Waals surface area contributed by atoms with Gasteiger partial charge in [-0.1, -0.05) is 32.0 Å². The minimum Gasteiger partial charge on any atom is -0.364 e. The van der Waals surface area contributed by atoms with Gasteiger partial charge in [0.25, 0.3) is 0 Å². The number of hydrogen-bond donors (Lipinski definition) is 2. The molecule has 1 fully saturated rings. The first-order valence-corrected chi connectivity index (χ1v) is 7.64. The summed E-state index contributed by atoms with van der Waals surface area (Å²) >= 11 is 0. The van der Waals surface area contributed by atoms with Crippen molar-refractivity contribution in [3.63, 3.8) is 0 Å². The fourth-order valence-corrected chi connectivity index (χ4v) is 2.73. The minimum absolute atomic E-state index is 0.0620. The quantitative estimate of drug-likeness (QED) is 0.876. The molecule has 1 amide bonds. The Labute approximate surface area is 127 Å². The molecule has 1 saturated carbocycles. The number of para-hydroxylation sites is 1. The predicted octanol–water partition coefficient (Wildman–Crippen LogP) is 2.94. The highest BCUT2D eigenvalue weighted by atomic mass is 16.5. The molecule has 0 unspecified atom stereocenters. The SMILES string of the molecule is CC1(C)CCC(CN)(OCC(=O)Nc2ccccc2)CC1. The highest BCUT2D eigenvalue weighted by Gasteiger charge is 2.38. The number of anilines is 1. The van der Waals surface area contributed by atoms with Crippen molar-refractivity contribution < 1.29 is 9.53 Å². The molecule has 0 bridgehead atoms. The molecule has 0 spiro atoms. The van der Waals surface area contributed by atoms with Crippen LogP contribution >= 0.6 is 0 Å². The number of benzene rings is 1. The van der Waals surface area contributed by atoms with Crippen LogP contribution in [0.15, 0.2) is 30.3 Å². The Morgan fingerprint density at radius 2 is 1.81 bits per heavy atom. The summed E-state index contributed by atoms with van der Waals surface area (Å²) in [4.78, 5) is 12.0. The van der Waals surface area contributed by atoms with E-state index in [0.29, 0.717) is 12.0 Å². The number of ether oxygens (including phenoxy) is 1. The molecule has 4 nitrogen and oxygen atoms in total. The van der Waals surface area contributed by atoms with E-state index in [0.717, 1.165) is 31.4 Å². The van der Waals surface area contributed by atoms with Crippen LogP contribution in [0, 0.1) is 5.41 Å². The Hall–Kier alpha value is -1.39. The molecule has 1 aromatic carbocycles. The van der Waals surface area contributed by atoms with Gasteiger partial charge in [0.15, 0.2) is 0 Å².